The predicted octanol–water partition coefficient (Wildman–Crippen LogP) is 1.31. The van der Waals surface area contributed by atoms with E-state index in [1.54, 1.807) is 0 Å². The lowest BCUT2D eigenvalue weighted by Crippen LogP contribution is -2.13. The third-order valence-electron chi connectivity index (χ3n) is 3.04. The van der Waals surface area contributed by atoms with Crippen LogP contribution in [0.25, 0.3) is 0 Å². The van der Waals surface area contributed by atoms with Gasteiger partial charge in [-0.2, -0.15) is 0 Å². The minimum atomic E-state index is -0.940. The van der Waals surface area contributed by atoms with E-state index in [9.17, 15) is 15.0 Å². The molecule has 0 spiro atoms. The van der Waals surface area contributed by atoms with Crippen molar-refractivity contribution in [2.75, 3.05) is 0 Å². The van der Waals surface area contributed by atoms with Crippen molar-refractivity contribution in [3.63, 3.8) is 0 Å². The van der Waals surface area contributed by atoms with Gasteiger partial charge in [-0.15, -0.1) is 0 Å². The Morgan fingerprint density at radius 1 is 1.19 bits per heavy atom. The molecule has 1 aliphatic carbocycles. The van der Waals surface area contributed by atoms with E-state index < -0.39 is 28.6 Å². The molecule has 0 bridgehead atoms. The molecule has 2 rings (SSSR count). The zero-order valence-electron chi connectivity index (χ0n) is 8.47. The van der Waals surface area contributed by atoms with E-state index in [1.807, 2.05) is 0 Å². The number of carboxylic acid groups (broad SMARTS) is 1. The van der Waals surface area contributed by atoms with E-state index >= 15 is 0 Å². The largest absolute Gasteiger partial charge is 0.504 e. The van der Waals surface area contributed by atoms with Crippen LogP contribution in [0.4, 0.5) is 0 Å². The molecule has 1 fully saturated rings. The maximum absolute atomic E-state index is 10.7. The first kappa shape index (κ1) is 10.6. The standard InChI is InChI=1S/C11H12O5/c12-7-2-1-6(9(15)10(7)16)11(3-4-11)5-8(13)14/h1-2,12,15-16H,3-5H2,(H,13,14). The van der Waals surface area contributed by atoms with E-state index in [4.69, 9.17) is 10.2 Å². The van der Waals surface area contributed by atoms with Gasteiger partial charge in [0.15, 0.2) is 11.5 Å². The van der Waals surface area contributed by atoms with Gasteiger partial charge >= 0.3 is 5.97 Å². The molecule has 0 unspecified atom stereocenters. The van der Waals surface area contributed by atoms with Gasteiger partial charge in [-0.1, -0.05) is 6.07 Å². The van der Waals surface area contributed by atoms with Crippen molar-refractivity contribution in [1.29, 1.82) is 0 Å². The van der Waals surface area contributed by atoms with Gasteiger partial charge in [-0.25, -0.2) is 0 Å². The summed E-state index contributed by atoms with van der Waals surface area (Å²) in [6, 6.07) is 2.71. The summed E-state index contributed by atoms with van der Waals surface area (Å²) in [5.41, 5.74) is -0.189. The van der Waals surface area contributed by atoms with Gasteiger partial charge in [0.25, 0.3) is 0 Å². The average molecular weight is 224 g/mol. The maximum atomic E-state index is 10.7. The molecule has 1 aliphatic rings. The van der Waals surface area contributed by atoms with Crippen LogP contribution >= 0.6 is 0 Å². The molecule has 0 aliphatic heterocycles. The molecule has 0 atom stereocenters. The topological polar surface area (TPSA) is 98.0 Å². The van der Waals surface area contributed by atoms with E-state index in [-0.39, 0.29) is 6.42 Å². The lowest BCUT2D eigenvalue weighted by atomic mass is 9.91. The second-order valence-corrected chi connectivity index (χ2v) is 4.18. The molecule has 0 aromatic heterocycles. The number of aromatic hydroxyl groups is 3. The summed E-state index contributed by atoms with van der Waals surface area (Å²) < 4.78 is 0. The molecular weight excluding hydrogens is 212 g/mol. The van der Waals surface area contributed by atoms with Gasteiger partial charge < -0.3 is 20.4 Å². The summed E-state index contributed by atoms with van der Waals surface area (Å²) in [4.78, 5) is 10.7. The number of aliphatic carboxylic acids is 1. The van der Waals surface area contributed by atoms with Gasteiger partial charge in [-0.05, 0) is 18.9 Å². The van der Waals surface area contributed by atoms with Gasteiger partial charge in [-0.3, -0.25) is 4.79 Å². The first-order chi connectivity index (χ1) is 7.46. The van der Waals surface area contributed by atoms with Crippen molar-refractivity contribution in [2.45, 2.75) is 24.7 Å². The molecule has 5 nitrogen and oxygen atoms in total. The van der Waals surface area contributed by atoms with Crippen molar-refractivity contribution >= 4 is 5.97 Å². The van der Waals surface area contributed by atoms with Crippen molar-refractivity contribution in [2.24, 2.45) is 0 Å². The molecule has 5 heteroatoms. The number of hydrogen-bond acceptors (Lipinski definition) is 4. The summed E-state index contributed by atoms with van der Waals surface area (Å²) in [6.07, 6.45) is 1.25. The predicted molar refractivity (Wildman–Crippen MR) is 54.6 cm³/mol. The van der Waals surface area contributed by atoms with Crippen LogP contribution in [0.3, 0.4) is 0 Å². The Morgan fingerprint density at radius 3 is 2.31 bits per heavy atom. The van der Waals surface area contributed by atoms with Crippen molar-refractivity contribution < 1.29 is 25.2 Å². The second kappa shape index (κ2) is 3.30. The second-order valence-electron chi connectivity index (χ2n) is 4.18. The Balaban J connectivity index is 2.42. The Hall–Kier alpha value is -1.91. The minimum Gasteiger partial charge on any atom is -0.504 e. The Morgan fingerprint density at radius 2 is 1.81 bits per heavy atom. The van der Waals surface area contributed by atoms with Crippen molar-refractivity contribution in [3.05, 3.63) is 17.7 Å². The molecule has 0 saturated heterocycles. The van der Waals surface area contributed by atoms with E-state index in [1.165, 1.54) is 12.1 Å². The fraction of sp³-hybridized carbons (Fsp3) is 0.364. The van der Waals surface area contributed by atoms with E-state index in [0.29, 0.717) is 18.4 Å². The van der Waals surface area contributed by atoms with Gasteiger partial charge in [0.05, 0.1) is 6.42 Å². The lowest BCUT2D eigenvalue weighted by molar-refractivity contribution is -0.137. The van der Waals surface area contributed by atoms with Gasteiger partial charge in [0.2, 0.25) is 5.75 Å². The highest BCUT2D eigenvalue weighted by Gasteiger charge is 2.48. The number of rotatable bonds is 3. The number of phenols is 3. The van der Waals surface area contributed by atoms with Crippen LogP contribution in [-0.4, -0.2) is 26.4 Å². The first-order valence-electron chi connectivity index (χ1n) is 4.92. The highest BCUT2D eigenvalue weighted by atomic mass is 16.4. The third-order valence-corrected chi connectivity index (χ3v) is 3.04. The normalized spacial score (nSPS) is 17.0. The van der Waals surface area contributed by atoms with Crippen LogP contribution in [-0.2, 0) is 10.2 Å². The van der Waals surface area contributed by atoms with Crippen LogP contribution in [0.15, 0.2) is 12.1 Å². The molecule has 0 heterocycles. The SMILES string of the molecule is O=C(O)CC1(c2ccc(O)c(O)c2O)CC1. The summed E-state index contributed by atoms with van der Waals surface area (Å²) >= 11 is 0. The highest BCUT2D eigenvalue weighted by molar-refractivity contribution is 5.71. The molecule has 86 valence electrons. The van der Waals surface area contributed by atoms with Crippen LogP contribution in [0, 0.1) is 0 Å². The molecule has 4 N–H and O–H groups in total. The van der Waals surface area contributed by atoms with E-state index in [2.05, 4.69) is 0 Å². The van der Waals surface area contributed by atoms with Crippen molar-refractivity contribution in [1.82, 2.24) is 0 Å². The zero-order chi connectivity index (χ0) is 11.9. The van der Waals surface area contributed by atoms with Crippen LogP contribution in [0.1, 0.15) is 24.8 Å². The molecule has 1 aromatic carbocycles. The van der Waals surface area contributed by atoms with Crippen LogP contribution in [0.5, 0.6) is 17.2 Å². The smallest absolute Gasteiger partial charge is 0.304 e. The molecule has 1 aromatic rings. The summed E-state index contributed by atoms with van der Waals surface area (Å²) in [5, 5.41) is 37.0. The molecule has 16 heavy (non-hydrogen) atoms. The fourth-order valence-electron chi connectivity index (χ4n) is 1.98. The monoisotopic (exact) mass is 224 g/mol. The number of phenolic OH excluding ortho intramolecular Hbond substituents is 3. The third kappa shape index (κ3) is 1.54. The Labute approximate surface area is 91.6 Å². The minimum absolute atomic E-state index is 0.0786. The molecule has 0 radical (unpaired) electrons. The number of benzene rings is 1. The number of hydrogen-bond donors (Lipinski definition) is 4. The number of carbonyl (C=O) groups is 1. The highest BCUT2D eigenvalue weighted by Crippen LogP contribution is 2.56. The maximum Gasteiger partial charge on any atom is 0.304 e. The Bertz CT molecular complexity index is 448. The summed E-state index contributed by atoms with van der Waals surface area (Å²) in [7, 11) is 0. The first-order valence-corrected chi connectivity index (χ1v) is 4.92. The average Bonchev–Trinajstić information content (AvgIpc) is 2.94. The van der Waals surface area contributed by atoms with E-state index in [0.717, 1.165) is 0 Å². The van der Waals surface area contributed by atoms with Crippen molar-refractivity contribution in [3.8, 4) is 17.2 Å². The van der Waals surface area contributed by atoms with Crippen LogP contribution in [0.2, 0.25) is 0 Å². The van der Waals surface area contributed by atoms with Crippen LogP contribution < -0.4 is 0 Å². The Kier molecular flexibility index (Phi) is 2.18. The summed E-state index contributed by atoms with van der Waals surface area (Å²) in [6.45, 7) is 0. The van der Waals surface area contributed by atoms with Gasteiger partial charge in [0.1, 0.15) is 0 Å². The molecule has 1 saturated carbocycles. The molecular formula is C11H12O5. The van der Waals surface area contributed by atoms with Gasteiger partial charge in [0, 0.05) is 11.0 Å². The fourth-order valence-corrected chi connectivity index (χ4v) is 1.98. The zero-order valence-corrected chi connectivity index (χ0v) is 8.47. The summed E-state index contributed by atoms with van der Waals surface area (Å²) in [5.74, 6) is -2.36. The molecule has 0 amide bonds. The number of carboxylic acids is 1. The lowest BCUT2D eigenvalue weighted by Gasteiger charge is -2.15. The quantitative estimate of drug-likeness (QED) is 0.580.